The minimum absolute atomic E-state index is 0.0321. The van der Waals surface area contributed by atoms with Crippen LogP contribution in [0.3, 0.4) is 0 Å². The van der Waals surface area contributed by atoms with Crippen molar-refractivity contribution in [2.24, 2.45) is 0 Å². The number of carbonyl (C=O) groups is 2. The Morgan fingerprint density at radius 2 is 1.45 bits per heavy atom. The van der Waals surface area contributed by atoms with Crippen molar-refractivity contribution in [2.75, 3.05) is 10.7 Å². The molecule has 0 spiro atoms. The number of carbonyl (C=O) groups excluding carboxylic acids is 2. The first kappa shape index (κ1) is 28.7. The van der Waals surface area contributed by atoms with Gasteiger partial charge in [-0.05, 0) is 55.3 Å². The van der Waals surface area contributed by atoms with Gasteiger partial charge in [0.05, 0.1) is 11.3 Å². The second-order valence-electron chi connectivity index (χ2n) is 8.09. The van der Waals surface area contributed by atoms with Crippen LogP contribution in [0.5, 0.6) is 0 Å². The molecule has 0 unspecified atom stereocenters. The number of hydrogen-bond donors (Lipinski definition) is 3. The number of nitrogens with zero attached hydrogens (tertiary/aromatic N) is 1. The van der Waals surface area contributed by atoms with Gasteiger partial charge < -0.3 is 5.32 Å². The lowest BCUT2D eigenvalue weighted by atomic mass is 9.90. The number of hydrazine groups is 1. The molecule has 0 fully saturated rings. The zero-order valence-corrected chi connectivity index (χ0v) is 20.2. The summed E-state index contributed by atoms with van der Waals surface area (Å²) in [5.41, 5.74) is -2.59. The fourth-order valence-corrected chi connectivity index (χ4v) is 3.74. The smallest absolute Gasteiger partial charge is 0.322 e. The van der Waals surface area contributed by atoms with Gasteiger partial charge in [-0.15, -0.1) is 0 Å². The number of aryl methyl sites for hydroxylation is 2. The standard InChI is InChI=1S/C24H18ClF7N4O2/c1-12-9-15(22(26,23(27,28)29)24(30,31)32)10-13(2)18(12)35-36-20(37)14-5-3-6-16(11-14)34-21(38)17-7-4-8-33-19(17)25/h3-11,35H,1-2H3,(H,34,38)(H,36,37). The van der Waals surface area contributed by atoms with Crippen molar-refractivity contribution in [2.45, 2.75) is 31.9 Å². The number of hydrogen-bond acceptors (Lipinski definition) is 4. The SMILES string of the molecule is Cc1cc(C(F)(C(F)(F)F)C(F)(F)F)cc(C)c1NNC(=O)c1cccc(NC(=O)c2cccnc2Cl)c1. The van der Waals surface area contributed by atoms with Crippen LogP contribution >= 0.6 is 11.6 Å². The summed E-state index contributed by atoms with van der Waals surface area (Å²) in [6.45, 7) is 2.30. The molecule has 0 radical (unpaired) electrons. The largest absolute Gasteiger partial charge is 0.435 e. The quantitative estimate of drug-likeness (QED) is 0.178. The molecule has 2 aromatic carbocycles. The molecule has 202 valence electrons. The fraction of sp³-hybridized carbons (Fsp3) is 0.208. The Balaban J connectivity index is 1.78. The molecule has 3 N–H and O–H groups in total. The zero-order valence-electron chi connectivity index (χ0n) is 19.5. The topological polar surface area (TPSA) is 83.1 Å². The second kappa shape index (κ2) is 10.5. The number of nitrogens with one attached hydrogen (secondary N) is 3. The predicted octanol–water partition coefficient (Wildman–Crippen LogP) is 6.65. The Bertz CT molecular complexity index is 1340. The Morgan fingerprint density at radius 1 is 0.842 bits per heavy atom. The van der Waals surface area contributed by atoms with Gasteiger partial charge in [0, 0.05) is 23.0 Å². The van der Waals surface area contributed by atoms with Crippen LogP contribution in [0.2, 0.25) is 5.15 Å². The number of alkyl halides is 7. The predicted molar refractivity (Wildman–Crippen MR) is 126 cm³/mol. The van der Waals surface area contributed by atoms with Gasteiger partial charge in [0.15, 0.2) is 0 Å². The van der Waals surface area contributed by atoms with E-state index in [-0.39, 0.29) is 38.8 Å². The van der Waals surface area contributed by atoms with E-state index >= 15 is 0 Å². The maximum absolute atomic E-state index is 14.4. The Kier molecular flexibility index (Phi) is 7.91. The van der Waals surface area contributed by atoms with Crippen LogP contribution in [-0.4, -0.2) is 29.2 Å². The highest BCUT2D eigenvalue weighted by Crippen LogP contribution is 2.53. The summed E-state index contributed by atoms with van der Waals surface area (Å²) in [4.78, 5) is 28.8. The molecule has 0 atom stereocenters. The van der Waals surface area contributed by atoms with Gasteiger partial charge in [-0.25, -0.2) is 9.37 Å². The lowest BCUT2D eigenvalue weighted by Crippen LogP contribution is -2.50. The van der Waals surface area contributed by atoms with Crippen LogP contribution in [0.15, 0.2) is 54.7 Å². The highest BCUT2D eigenvalue weighted by Gasteiger charge is 2.73. The minimum atomic E-state index is -6.25. The van der Waals surface area contributed by atoms with Crippen molar-refractivity contribution in [3.8, 4) is 0 Å². The van der Waals surface area contributed by atoms with Crippen LogP contribution < -0.4 is 16.2 Å². The van der Waals surface area contributed by atoms with Crippen LogP contribution in [0.4, 0.5) is 42.1 Å². The highest BCUT2D eigenvalue weighted by molar-refractivity contribution is 6.33. The third kappa shape index (κ3) is 5.67. The van der Waals surface area contributed by atoms with Crippen LogP contribution in [0.25, 0.3) is 0 Å². The molecule has 0 aliphatic carbocycles. The number of pyridine rings is 1. The van der Waals surface area contributed by atoms with Gasteiger partial charge in [0.1, 0.15) is 5.15 Å². The summed E-state index contributed by atoms with van der Waals surface area (Å²) in [6, 6.07) is 9.40. The summed E-state index contributed by atoms with van der Waals surface area (Å²) in [5, 5.41) is 2.52. The van der Waals surface area contributed by atoms with Gasteiger partial charge in [-0.3, -0.25) is 20.4 Å². The van der Waals surface area contributed by atoms with Crippen molar-refractivity contribution < 1.29 is 40.3 Å². The van der Waals surface area contributed by atoms with E-state index in [0.29, 0.717) is 12.1 Å². The lowest BCUT2D eigenvalue weighted by molar-refractivity contribution is -0.348. The average Bonchev–Trinajstić information content (AvgIpc) is 2.81. The molecule has 14 heteroatoms. The van der Waals surface area contributed by atoms with Crippen LogP contribution in [-0.2, 0) is 5.67 Å². The van der Waals surface area contributed by atoms with E-state index in [2.05, 4.69) is 21.2 Å². The summed E-state index contributed by atoms with van der Waals surface area (Å²) >= 11 is 5.89. The second-order valence-corrected chi connectivity index (χ2v) is 8.45. The lowest BCUT2D eigenvalue weighted by Gasteiger charge is -2.31. The summed E-state index contributed by atoms with van der Waals surface area (Å²) in [6.07, 6.45) is -11.1. The molecule has 0 saturated carbocycles. The third-order valence-electron chi connectivity index (χ3n) is 5.40. The van der Waals surface area contributed by atoms with Crippen molar-refractivity contribution in [3.63, 3.8) is 0 Å². The van der Waals surface area contributed by atoms with Crippen LogP contribution in [0.1, 0.15) is 37.4 Å². The molecule has 0 saturated heterocycles. The first-order valence-electron chi connectivity index (χ1n) is 10.6. The summed E-state index contributed by atoms with van der Waals surface area (Å²) in [5.74, 6) is -1.35. The molecule has 38 heavy (non-hydrogen) atoms. The summed E-state index contributed by atoms with van der Waals surface area (Å²) in [7, 11) is 0. The molecule has 6 nitrogen and oxygen atoms in total. The summed E-state index contributed by atoms with van der Waals surface area (Å²) < 4.78 is 93.1. The zero-order chi connectivity index (χ0) is 28.5. The van der Waals surface area contributed by atoms with E-state index in [1.165, 1.54) is 42.6 Å². The van der Waals surface area contributed by atoms with Gasteiger partial charge >= 0.3 is 18.0 Å². The fourth-order valence-electron chi connectivity index (χ4n) is 3.53. The number of halogens is 8. The van der Waals surface area contributed by atoms with E-state index in [9.17, 15) is 40.3 Å². The number of benzene rings is 2. The van der Waals surface area contributed by atoms with Gasteiger partial charge in [-0.2, -0.15) is 26.3 Å². The Hall–Kier alpha value is -3.87. The molecule has 3 aromatic rings. The van der Waals surface area contributed by atoms with Gasteiger partial charge in [-0.1, -0.05) is 29.8 Å². The highest BCUT2D eigenvalue weighted by atomic mass is 35.5. The molecule has 1 heterocycles. The van der Waals surface area contributed by atoms with Crippen molar-refractivity contribution >= 4 is 34.8 Å². The monoisotopic (exact) mass is 562 g/mol. The van der Waals surface area contributed by atoms with Crippen molar-refractivity contribution in [1.82, 2.24) is 10.4 Å². The van der Waals surface area contributed by atoms with Crippen molar-refractivity contribution in [3.05, 3.63) is 87.7 Å². The number of rotatable bonds is 6. The maximum atomic E-state index is 14.4. The van der Waals surface area contributed by atoms with Gasteiger partial charge in [0.2, 0.25) is 0 Å². The molecule has 3 rings (SSSR count). The van der Waals surface area contributed by atoms with E-state index in [1.807, 2.05) is 0 Å². The van der Waals surface area contributed by atoms with E-state index in [0.717, 1.165) is 13.8 Å². The molecule has 0 aliphatic heterocycles. The molecular weight excluding hydrogens is 545 g/mol. The number of amides is 2. The van der Waals surface area contributed by atoms with Crippen molar-refractivity contribution in [1.29, 1.82) is 0 Å². The number of aromatic nitrogens is 1. The molecule has 2 amide bonds. The Morgan fingerprint density at radius 3 is 2.00 bits per heavy atom. The maximum Gasteiger partial charge on any atom is 0.435 e. The number of anilines is 2. The first-order valence-corrected chi connectivity index (χ1v) is 11.0. The average molecular weight is 563 g/mol. The van der Waals surface area contributed by atoms with Gasteiger partial charge in [0.25, 0.3) is 11.8 Å². The minimum Gasteiger partial charge on any atom is -0.322 e. The van der Waals surface area contributed by atoms with Crippen LogP contribution in [0, 0.1) is 13.8 Å². The normalized spacial score (nSPS) is 12.2. The molecular formula is C24H18ClF7N4O2. The third-order valence-corrected chi connectivity index (χ3v) is 5.70. The molecule has 0 aliphatic rings. The van der Waals surface area contributed by atoms with E-state index in [1.54, 1.807) is 0 Å². The first-order chi connectivity index (χ1) is 17.6. The molecule has 1 aromatic heterocycles. The Labute approximate surface area is 216 Å². The van der Waals surface area contributed by atoms with E-state index < -0.39 is 35.4 Å². The molecule has 0 bridgehead atoms. The van der Waals surface area contributed by atoms with E-state index in [4.69, 9.17) is 11.6 Å².